The molecule has 0 saturated heterocycles. The molecular formula is C16H15ClN2O4. The van der Waals surface area contributed by atoms with Gasteiger partial charge in [0.05, 0.1) is 11.5 Å². The third kappa shape index (κ3) is 4.43. The highest BCUT2D eigenvalue weighted by molar-refractivity contribution is 6.31. The van der Waals surface area contributed by atoms with Crippen LogP contribution in [0.2, 0.25) is 5.02 Å². The monoisotopic (exact) mass is 334 g/mol. The Bertz CT molecular complexity index is 717. The van der Waals surface area contributed by atoms with Crippen molar-refractivity contribution in [3.63, 3.8) is 0 Å². The molecule has 2 rings (SSSR count). The number of nitro groups is 1. The number of benzene rings is 2. The van der Waals surface area contributed by atoms with Gasteiger partial charge in [0.2, 0.25) is 0 Å². The maximum Gasteiger partial charge on any atom is 0.294 e. The number of nitrogens with zero attached hydrogens (tertiary/aromatic N) is 1. The second-order valence-electron chi connectivity index (χ2n) is 4.75. The summed E-state index contributed by atoms with van der Waals surface area (Å²) in [6, 6.07) is 10.6. The lowest BCUT2D eigenvalue weighted by atomic mass is 10.2. The van der Waals surface area contributed by atoms with Crippen LogP contribution in [0.3, 0.4) is 0 Å². The number of anilines is 1. The molecule has 2 aromatic carbocycles. The van der Waals surface area contributed by atoms with Crippen molar-refractivity contribution < 1.29 is 14.5 Å². The number of rotatable bonds is 6. The number of amides is 1. The molecule has 0 aliphatic carbocycles. The molecule has 0 aromatic heterocycles. The lowest BCUT2D eigenvalue weighted by Gasteiger charge is -2.08. The Kier molecular flexibility index (Phi) is 5.54. The van der Waals surface area contributed by atoms with Crippen molar-refractivity contribution in [3.8, 4) is 5.75 Å². The van der Waals surface area contributed by atoms with Crippen LogP contribution in [0.15, 0.2) is 42.5 Å². The van der Waals surface area contributed by atoms with Gasteiger partial charge in [-0.15, -0.1) is 0 Å². The molecule has 7 heteroatoms. The van der Waals surface area contributed by atoms with Crippen LogP contribution < -0.4 is 10.1 Å². The molecular weight excluding hydrogens is 320 g/mol. The van der Waals surface area contributed by atoms with Crippen LogP contribution >= 0.6 is 11.6 Å². The van der Waals surface area contributed by atoms with E-state index in [-0.39, 0.29) is 16.4 Å². The fourth-order valence-electron chi connectivity index (χ4n) is 1.88. The average molecular weight is 335 g/mol. The zero-order valence-corrected chi connectivity index (χ0v) is 13.2. The van der Waals surface area contributed by atoms with E-state index in [4.69, 9.17) is 16.3 Å². The van der Waals surface area contributed by atoms with E-state index in [9.17, 15) is 14.9 Å². The molecule has 0 aliphatic rings. The Balaban J connectivity index is 2.14. The molecule has 23 heavy (non-hydrogen) atoms. The minimum Gasteiger partial charge on any atom is -0.494 e. The summed E-state index contributed by atoms with van der Waals surface area (Å²) in [5.41, 5.74) is 0.211. The van der Waals surface area contributed by atoms with E-state index in [1.54, 1.807) is 24.3 Å². The number of hydrogen-bond acceptors (Lipinski definition) is 4. The van der Waals surface area contributed by atoms with Gasteiger partial charge in [-0.25, -0.2) is 0 Å². The molecule has 0 unspecified atom stereocenters. The summed E-state index contributed by atoms with van der Waals surface area (Å²) < 4.78 is 5.44. The van der Waals surface area contributed by atoms with Crippen LogP contribution in [0.4, 0.5) is 11.4 Å². The summed E-state index contributed by atoms with van der Waals surface area (Å²) in [5, 5.41) is 13.8. The van der Waals surface area contributed by atoms with Gasteiger partial charge in [0, 0.05) is 16.7 Å². The van der Waals surface area contributed by atoms with E-state index in [1.165, 1.54) is 18.2 Å². The molecule has 0 atom stereocenters. The first-order valence-electron chi connectivity index (χ1n) is 6.99. The lowest BCUT2D eigenvalue weighted by Crippen LogP contribution is -2.13. The van der Waals surface area contributed by atoms with Crippen molar-refractivity contribution in [2.24, 2.45) is 0 Å². The molecule has 0 spiro atoms. The average Bonchev–Trinajstić information content (AvgIpc) is 2.54. The van der Waals surface area contributed by atoms with Gasteiger partial charge >= 0.3 is 0 Å². The Morgan fingerprint density at radius 3 is 2.57 bits per heavy atom. The van der Waals surface area contributed by atoms with E-state index < -0.39 is 10.8 Å². The van der Waals surface area contributed by atoms with E-state index in [2.05, 4.69) is 5.32 Å². The van der Waals surface area contributed by atoms with Crippen LogP contribution in [-0.4, -0.2) is 17.4 Å². The van der Waals surface area contributed by atoms with Crippen molar-refractivity contribution >= 4 is 28.9 Å². The molecule has 1 N–H and O–H groups in total. The highest BCUT2D eigenvalue weighted by atomic mass is 35.5. The molecule has 120 valence electrons. The number of nitro benzene ring substituents is 1. The van der Waals surface area contributed by atoms with Crippen molar-refractivity contribution in [2.45, 2.75) is 13.3 Å². The molecule has 2 aromatic rings. The maximum atomic E-state index is 12.2. The van der Waals surface area contributed by atoms with Gasteiger partial charge in [0.25, 0.3) is 11.6 Å². The van der Waals surface area contributed by atoms with E-state index in [0.29, 0.717) is 17.9 Å². The molecule has 0 saturated carbocycles. The van der Waals surface area contributed by atoms with Crippen LogP contribution in [0.5, 0.6) is 5.75 Å². The molecule has 6 nitrogen and oxygen atoms in total. The Morgan fingerprint density at radius 2 is 1.96 bits per heavy atom. The highest BCUT2D eigenvalue weighted by Crippen LogP contribution is 2.28. The summed E-state index contributed by atoms with van der Waals surface area (Å²) >= 11 is 5.74. The smallest absolute Gasteiger partial charge is 0.294 e. The second-order valence-corrected chi connectivity index (χ2v) is 5.18. The second kappa shape index (κ2) is 7.60. The van der Waals surface area contributed by atoms with Crippen LogP contribution in [-0.2, 0) is 0 Å². The van der Waals surface area contributed by atoms with Gasteiger partial charge in [0.15, 0.2) is 0 Å². The summed E-state index contributed by atoms with van der Waals surface area (Å²) in [5.74, 6) is 0.221. The number of carbonyl (C=O) groups is 1. The first kappa shape index (κ1) is 16.8. The van der Waals surface area contributed by atoms with Gasteiger partial charge in [-0.2, -0.15) is 0 Å². The Hall–Kier alpha value is -2.60. The standard InChI is InChI=1S/C16H15ClN2O4/c1-2-9-23-13-6-3-11(4-7-13)16(20)18-14-8-5-12(17)10-15(14)19(21)22/h3-8,10H,2,9H2,1H3,(H,18,20). The van der Waals surface area contributed by atoms with Crippen LogP contribution in [0.1, 0.15) is 23.7 Å². The molecule has 0 aliphatic heterocycles. The lowest BCUT2D eigenvalue weighted by molar-refractivity contribution is -0.383. The minimum absolute atomic E-state index is 0.0932. The normalized spacial score (nSPS) is 10.2. The number of hydrogen-bond donors (Lipinski definition) is 1. The van der Waals surface area contributed by atoms with E-state index >= 15 is 0 Å². The minimum atomic E-state index is -0.594. The zero-order valence-electron chi connectivity index (χ0n) is 12.4. The van der Waals surface area contributed by atoms with Gasteiger partial charge in [0.1, 0.15) is 11.4 Å². The third-order valence-corrected chi connectivity index (χ3v) is 3.23. The zero-order chi connectivity index (χ0) is 16.8. The summed E-state index contributed by atoms with van der Waals surface area (Å²) in [6.45, 7) is 2.60. The van der Waals surface area contributed by atoms with E-state index in [1.807, 2.05) is 6.92 Å². The van der Waals surface area contributed by atoms with Crippen molar-refractivity contribution in [1.82, 2.24) is 0 Å². The van der Waals surface area contributed by atoms with Gasteiger partial charge < -0.3 is 10.1 Å². The summed E-state index contributed by atoms with van der Waals surface area (Å²) in [6.07, 6.45) is 0.891. The molecule has 0 heterocycles. The van der Waals surface area contributed by atoms with Crippen molar-refractivity contribution in [1.29, 1.82) is 0 Å². The highest BCUT2D eigenvalue weighted by Gasteiger charge is 2.17. The van der Waals surface area contributed by atoms with Crippen LogP contribution in [0.25, 0.3) is 0 Å². The number of carbonyl (C=O) groups excluding carboxylic acids is 1. The fraction of sp³-hybridized carbons (Fsp3) is 0.188. The third-order valence-electron chi connectivity index (χ3n) is 2.99. The number of halogens is 1. The van der Waals surface area contributed by atoms with Gasteiger partial charge in [-0.3, -0.25) is 14.9 Å². The largest absolute Gasteiger partial charge is 0.494 e. The Morgan fingerprint density at radius 1 is 1.26 bits per heavy atom. The predicted molar refractivity (Wildman–Crippen MR) is 88.3 cm³/mol. The fourth-order valence-corrected chi connectivity index (χ4v) is 2.04. The predicted octanol–water partition coefficient (Wildman–Crippen LogP) is 4.29. The molecule has 0 fully saturated rings. The van der Waals surface area contributed by atoms with Crippen LogP contribution in [0, 0.1) is 10.1 Å². The quantitative estimate of drug-likeness (QED) is 0.631. The summed E-state index contributed by atoms with van der Waals surface area (Å²) in [7, 11) is 0. The maximum absolute atomic E-state index is 12.2. The number of nitrogens with one attached hydrogen (secondary N) is 1. The molecule has 0 bridgehead atoms. The molecule has 1 amide bonds. The van der Waals surface area contributed by atoms with Crippen molar-refractivity contribution in [2.75, 3.05) is 11.9 Å². The van der Waals surface area contributed by atoms with Gasteiger partial charge in [-0.05, 0) is 42.8 Å². The van der Waals surface area contributed by atoms with Crippen molar-refractivity contribution in [3.05, 3.63) is 63.2 Å². The Labute approximate surface area is 138 Å². The number of ether oxygens (including phenoxy) is 1. The van der Waals surface area contributed by atoms with Gasteiger partial charge in [-0.1, -0.05) is 18.5 Å². The first-order valence-corrected chi connectivity index (χ1v) is 7.37. The SMILES string of the molecule is CCCOc1ccc(C(=O)Nc2ccc(Cl)cc2[N+](=O)[O-])cc1. The topological polar surface area (TPSA) is 81.5 Å². The molecule has 0 radical (unpaired) electrons. The van der Waals surface area contributed by atoms with E-state index in [0.717, 1.165) is 6.42 Å². The first-order chi connectivity index (χ1) is 11.0. The summed E-state index contributed by atoms with van der Waals surface area (Å²) in [4.78, 5) is 22.6.